The fourth-order valence-electron chi connectivity index (χ4n) is 1.12. The molecule has 1 N–H and O–H groups in total. The number of alkyl halides is 3. The Labute approximate surface area is 85.7 Å². The van der Waals surface area contributed by atoms with E-state index < -0.39 is 11.3 Å². The van der Waals surface area contributed by atoms with Crippen LogP contribution in [0, 0.1) is 5.82 Å². The van der Waals surface area contributed by atoms with Crippen molar-refractivity contribution in [1.29, 1.82) is 0 Å². The third-order valence-corrected chi connectivity index (χ3v) is 2.25. The van der Waals surface area contributed by atoms with Crippen LogP contribution in [0.5, 0.6) is 0 Å². The van der Waals surface area contributed by atoms with Crippen LogP contribution < -0.4 is 0 Å². The van der Waals surface area contributed by atoms with E-state index >= 15 is 0 Å². The molecule has 0 radical (unpaired) electrons. The van der Waals surface area contributed by atoms with E-state index in [1.165, 1.54) is 6.07 Å². The number of aromatic nitrogens is 2. The van der Waals surface area contributed by atoms with Gasteiger partial charge in [-0.2, -0.15) is 13.2 Å². The second kappa shape index (κ2) is 3.41. The van der Waals surface area contributed by atoms with Gasteiger partial charge in [-0.3, -0.25) is 0 Å². The van der Waals surface area contributed by atoms with Crippen LogP contribution in [0.25, 0.3) is 11.0 Å². The van der Waals surface area contributed by atoms with Gasteiger partial charge in [0.1, 0.15) is 5.82 Å². The lowest BCUT2D eigenvalue weighted by molar-refractivity contribution is -0.0330. The summed E-state index contributed by atoms with van der Waals surface area (Å²) in [6.07, 6.45) is 0. The molecule has 0 saturated heterocycles. The average molecular weight is 236 g/mol. The van der Waals surface area contributed by atoms with Gasteiger partial charge >= 0.3 is 5.51 Å². The number of nitrogens with zero attached hydrogens (tertiary/aromatic N) is 1. The van der Waals surface area contributed by atoms with E-state index in [2.05, 4.69) is 9.97 Å². The Morgan fingerprint density at radius 3 is 2.67 bits per heavy atom. The van der Waals surface area contributed by atoms with E-state index in [-0.39, 0.29) is 22.4 Å². The molecule has 0 atom stereocenters. The van der Waals surface area contributed by atoms with E-state index in [9.17, 15) is 17.6 Å². The zero-order valence-electron chi connectivity index (χ0n) is 7.10. The zero-order chi connectivity index (χ0) is 11.1. The molecule has 80 valence electrons. The fourth-order valence-corrected chi connectivity index (χ4v) is 1.64. The molecule has 0 unspecified atom stereocenters. The summed E-state index contributed by atoms with van der Waals surface area (Å²) in [6.45, 7) is 0. The molecule has 2 aromatic rings. The van der Waals surface area contributed by atoms with Crippen LogP contribution in [-0.2, 0) is 0 Å². The minimum Gasteiger partial charge on any atom is -0.333 e. The molecular weight excluding hydrogens is 232 g/mol. The summed E-state index contributed by atoms with van der Waals surface area (Å²) in [5, 5.41) is -0.289. The van der Waals surface area contributed by atoms with Crippen molar-refractivity contribution in [2.75, 3.05) is 0 Å². The number of hydrogen-bond acceptors (Lipinski definition) is 2. The highest BCUT2D eigenvalue weighted by Crippen LogP contribution is 2.35. The molecular formula is C8H4F4N2S. The van der Waals surface area contributed by atoms with Crippen molar-refractivity contribution in [1.82, 2.24) is 9.97 Å². The van der Waals surface area contributed by atoms with Gasteiger partial charge in [-0.25, -0.2) is 9.37 Å². The maximum absolute atomic E-state index is 12.7. The highest BCUT2D eigenvalue weighted by molar-refractivity contribution is 8.00. The van der Waals surface area contributed by atoms with Gasteiger partial charge in [0, 0.05) is 11.8 Å². The minimum atomic E-state index is -4.40. The Bertz CT molecular complexity index is 491. The lowest BCUT2D eigenvalue weighted by Crippen LogP contribution is -1.99. The summed E-state index contributed by atoms with van der Waals surface area (Å²) < 4.78 is 48.6. The normalized spacial score (nSPS) is 12.3. The average Bonchev–Trinajstić information content (AvgIpc) is 2.42. The van der Waals surface area contributed by atoms with Crippen LogP contribution in [-0.4, -0.2) is 15.5 Å². The molecule has 0 aliphatic heterocycles. The molecule has 1 aromatic heterocycles. The third kappa shape index (κ3) is 2.41. The monoisotopic (exact) mass is 236 g/mol. The summed E-state index contributed by atoms with van der Waals surface area (Å²) in [5.41, 5.74) is -3.84. The Morgan fingerprint density at radius 1 is 1.27 bits per heavy atom. The number of rotatable bonds is 1. The predicted octanol–water partition coefficient (Wildman–Crippen LogP) is 3.31. The Morgan fingerprint density at radius 2 is 2.00 bits per heavy atom. The first-order chi connectivity index (χ1) is 6.94. The van der Waals surface area contributed by atoms with Crippen LogP contribution in [0.2, 0.25) is 0 Å². The third-order valence-electron chi connectivity index (χ3n) is 1.63. The van der Waals surface area contributed by atoms with E-state index in [4.69, 9.17) is 0 Å². The van der Waals surface area contributed by atoms with Gasteiger partial charge in [0.2, 0.25) is 0 Å². The maximum Gasteiger partial charge on any atom is 0.449 e. The topological polar surface area (TPSA) is 28.7 Å². The molecule has 0 spiro atoms. The number of hydrogen-bond donors (Lipinski definition) is 1. The zero-order valence-corrected chi connectivity index (χ0v) is 7.92. The van der Waals surface area contributed by atoms with E-state index in [1.807, 2.05) is 0 Å². The van der Waals surface area contributed by atoms with Gasteiger partial charge in [-0.15, -0.1) is 0 Å². The SMILES string of the molecule is Fc1ccc2nc(SC(F)(F)F)[nH]c2c1. The summed E-state index contributed by atoms with van der Waals surface area (Å²) >= 11 is -0.357. The molecule has 7 heteroatoms. The van der Waals surface area contributed by atoms with Crippen molar-refractivity contribution in [3.05, 3.63) is 24.0 Å². The van der Waals surface area contributed by atoms with Crippen LogP contribution in [0.1, 0.15) is 0 Å². The number of aromatic amines is 1. The maximum atomic E-state index is 12.7. The van der Waals surface area contributed by atoms with Crippen molar-refractivity contribution in [2.45, 2.75) is 10.7 Å². The summed E-state index contributed by atoms with van der Waals surface area (Å²) in [6, 6.07) is 3.57. The van der Waals surface area contributed by atoms with Crippen molar-refractivity contribution < 1.29 is 17.6 Å². The number of imidazole rings is 1. The number of nitrogens with one attached hydrogen (secondary N) is 1. The first kappa shape index (κ1) is 10.3. The van der Waals surface area contributed by atoms with Gasteiger partial charge in [0.15, 0.2) is 5.16 Å². The van der Waals surface area contributed by atoms with Gasteiger partial charge in [0.25, 0.3) is 0 Å². The molecule has 1 heterocycles. The van der Waals surface area contributed by atoms with Gasteiger partial charge in [-0.1, -0.05) is 0 Å². The molecule has 0 fully saturated rings. The highest BCUT2D eigenvalue weighted by Gasteiger charge is 2.31. The summed E-state index contributed by atoms with van der Waals surface area (Å²) in [7, 11) is 0. The Hall–Kier alpha value is -1.24. The predicted molar refractivity (Wildman–Crippen MR) is 48.0 cm³/mol. The van der Waals surface area contributed by atoms with Crippen LogP contribution in [0.3, 0.4) is 0 Å². The van der Waals surface area contributed by atoms with Gasteiger partial charge < -0.3 is 4.98 Å². The Balaban J connectivity index is 2.39. The molecule has 2 nitrogen and oxygen atoms in total. The van der Waals surface area contributed by atoms with E-state index in [0.717, 1.165) is 12.1 Å². The second-order valence-corrected chi connectivity index (χ2v) is 3.80. The molecule has 1 aromatic carbocycles. The molecule has 0 bridgehead atoms. The number of benzene rings is 1. The number of thioether (sulfide) groups is 1. The van der Waals surface area contributed by atoms with Crippen LogP contribution in [0.15, 0.2) is 23.4 Å². The first-order valence-electron chi connectivity index (χ1n) is 3.85. The molecule has 0 amide bonds. The summed E-state index contributed by atoms with van der Waals surface area (Å²) in [5.74, 6) is -0.519. The molecule has 0 saturated carbocycles. The highest BCUT2D eigenvalue weighted by atomic mass is 32.2. The molecule has 15 heavy (non-hydrogen) atoms. The lowest BCUT2D eigenvalue weighted by Gasteiger charge is -2.00. The molecule has 2 rings (SSSR count). The van der Waals surface area contributed by atoms with Gasteiger partial charge in [0.05, 0.1) is 11.0 Å². The Kier molecular flexibility index (Phi) is 2.34. The smallest absolute Gasteiger partial charge is 0.333 e. The molecule has 0 aliphatic rings. The number of halogens is 4. The number of fused-ring (bicyclic) bond motifs is 1. The first-order valence-corrected chi connectivity index (χ1v) is 4.67. The largest absolute Gasteiger partial charge is 0.449 e. The minimum absolute atomic E-state index is 0.252. The van der Waals surface area contributed by atoms with Gasteiger partial charge in [-0.05, 0) is 18.2 Å². The van der Waals surface area contributed by atoms with Crippen molar-refractivity contribution in [3.8, 4) is 0 Å². The quantitative estimate of drug-likeness (QED) is 0.607. The van der Waals surface area contributed by atoms with Crippen molar-refractivity contribution in [3.63, 3.8) is 0 Å². The van der Waals surface area contributed by atoms with E-state index in [1.54, 1.807) is 0 Å². The lowest BCUT2D eigenvalue weighted by atomic mass is 10.3. The van der Waals surface area contributed by atoms with Crippen molar-refractivity contribution >= 4 is 22.8 Å². The molecule has 0 aliphatic carbocycles. The second-order valence-electron chi connectivity index (χ2n) is 2.75. The standard InChI is InChI=1S/C8H4F4N2S/c9-4-1-2-5-6(3-4)14-7(13-5)15-8(10,11)12/h1-3H,(H,13,14). The van der Waals surface area contributed by atoms with Crippen LogP contribution >= 0.6 is 11.8 Å². The van der Waals surface area contributed by atoms with Crippen LogP contribution in [0.4, 0.5) is 17.6 Å². The number of H-pyrrole nitrogens is 1. The van der Waals surface area contributed by atoms with E-state index in [0.29, 0.717) is 5.52 Å². The fraction of sp³-hybridized carbons (Fsp3) is 0.125. The van der Waals surface area contributed by atoms with Crippen molar-refractivity contribution in [2.24, 2.45) is 0 Å². The summed E-state index contributed by atoms with van der Waals surface area (Å²) in [4.78, 5) is 6.04.